The van der Waals surface area contributed by atoms with Crippen LogP contribution in [0.4, 0.5) is 10.7 Å². The number of aromatic carboxylic acids is 1. The lowest BCUT2D eigenvalue weighted by Gasteiger charge is -2.04. The molecule has 2 aromatic rings. The molecule has 2 rings (SSSR count). The molecule has 0 aliphatic rings. The van der Waals surface area contributed by atoms with Crippen molar-refractivity contribution in [3.8, 4) is 0 Å². The summed E-state index contributed by atoms with van der Waals surface area (Å²) in [6.45, 7) is 5.35. The first-order valence-corrected chi connectivity index (χ1v) is 5.98. The summed E-state index contributed by atoms with van der Waals surface area (Å²) in [5.74, 6) is -1.10. The summed E-state index contributed by atoms with van der Waals surface area (Å²) in [7, 11) is 0. The highest BCUT2D eigenvalue weighted by molar-refractivity contribution is 5.96. The second-order valence-electron chi connectivity index (χ2n) is 4.17. The summed E-state index contributed by atoms with van der Waals surface area (Å²) in [5.41, 5.74) is 1.53. The summed E-state index contributed by atoms with van der Waals surface area (Å²) in [5, 5.41) is 15.6. The molecule has 0 atom stereocenters. The number of aryl methyl sites for hydroxylation is 2. The monoisotopic (exact) mass is 278 g/mol. The Morgan fingerprint density at radius 2 is 2.15 bits per heavy atom. The van der Waals surface area contributed by atoms with E-state index in [0.29, 0.717) is 11.3 Å². The van der Waals surface area contributed by atoms with Crippen molar-refractivity contribution in [3.63, 3.8) is 0 Å². The highest BCUT2D eigenvalue weighted by Crippen LogP contribution is 2.18. The van der Waals surface area contributed by atoms with E-state index < -0.39 is 12.1 Å². The van der Waals surface area contributed by atoms with E-state index >= 15 is 0 Å². The molecule has 0 saturated carbocycles. The molecule has 0 aromatic carbocycles. The average Bonchev–Trinajstić information content (AvgIpc) is 2.72. The topological polar surface area (TPSA) is 106 Å². The number of nitrogens with zero attached hydrogens (tertiary/aromatic N) is 3. The fourth-order valence-electron chi connectivity index (χ4n) is 1.92. The van der Waals surface area contributed by atoms with Gasteiger partial charge < -0.3 is 9.84 Å². The number of ether oxygens (including phenoxy) is 1. The van der Waals surface area contributed by atoms with Gasteiger partial charge in [0, 0.05) is 5.69 Å². The Kier molecular flexibility index (Phi) is 3.55. The molecule has 0 aliphatic carbocycles. The van der Waals surface area contributed by atoms with E-state index in [2.05, 4.69) is 15.4 Å². The molecule has 0 spiro atoms. The van der Waals surface area contributed by atoms with Crippen LogP contribution in [0.15, 0.2) is 6.07 Å². The van der Waals surface area contributed by atoms with Gasteiger partial charge in [-0.1, -0.05) is 0 Å². The van der Waals surface area contributed by atoms with E-state index in [1.165, 1.54) is 4.52 Å². The lowest BCUT2D eigenvalue weighted by atomic mass is 10.1. The van der Waals surface area contributed by atoms with Gasteiger partial charge in [0.2, 0.25) is 0 Å². The van der Waals surface area contributed by atoms with Gasteiger partial charge in [0.25, 0.3) is 5.95 Å². The minimum atomic E-state index is -1.09. The summed E-state index contributed by atoms with van der Waals surface area (Å²) in [6, 6.07) is 1.69. The van der Waals surface area contributed by atoms with Crippen LogP contribution in [0.2, 0.25) is 0 Å². The summed E-state index contributed by atoms with van der Waals surface area (Å²) < 4.78 is 6.09. The number of pyridine rings is 1. The van der Waals surface area contributed by atoms with Gasteiger partial charge in [-0.25, -0.2) is 14.1 Å². The van der Waals surface area contributed by atoms with Crippen LogP contribution in [-0.2, 0) is 4.74 Å². The number of carbonyl (C=O) groups is 2. The summed E-state index contributed by atoms with van der Waals surface area (Å²) in [6.07, 6.45) is -0.686. The number of anilines is 1. The van der Waals surface area contributed by atoms with Crippen molar-refractivity contribution in [2.75, 3.05) is 11.9 Å². The van der Waals surface area contributed by atoms with Crippen molar-refractivity contribution in [2.24, 2.45) is 0 Å². The number of amides is 1. The third-order valence-electron chi connectivity index (χ3n) is 2.69. The van der Waals surface area contributed by atoms with Gasteiger partial charge in [0.05, 0.1) is 6.61 Å². The number of carboxylic acids is 1. The van der Waals surface area contributed by atoms with E-state index in [-0.39, 0.29) is 23.8 Å². The van der Waals surface area contributed by atoms with Crippen LogP contribution in [0.1, 0.15) is 28.5 Å². The first-order chi connectivity index (χ1) is 9.43. The van der Waals surface area contributed by atoms with E-state index in [1.807, 2.05) is 0 Å². The lowest BCUT2D eigenvalue weighted by molar-refractivity contribution is 0.0697. The second kappa shape index (κ2) is 5.16. The zero-order valence-corrected chi connectivity index (χ0v) is 11.3. The van der Waals surface area contributed by atoms with Gasteiger partial charge in [-0.15, -0.1) is 5.10 Å². The number of hydrogen-bond acceptors (Lipinski definition) is 5. The van der Waals surface area contributed by atoms with Crippen LogP contribution in [0, 0.1) is 13.8 Å². The van der Waals surface area contributed by atoms with Gasteiger partial charge in [-0.3, -0.25) is 5.32 Å². The molecule has 2 heterocycles. The third-order valence-corrected chi connectivity index (χ3v) is 2.69. The van der Waals surface area contributed by atoms with Gasteiger partial charge in [-0.05, 0) is 32.4 Å². The number of carboxylic acid groups (broad SMARTS) is 1. The zero-order chi connectivity index (χ0) is 14.9. The number of rotatable bonds is 3. The molecule has 0 fully saturated rings. The smallest absolute Gasteiger partial charge is 0.414 e. The number of carbonyl (C=O) groups excluding carboxylic acids is 1. The van der Waals surface area contributed by atoms with Crippen LogP contribution >= 0.6 is 0 Å². The zero-order valence-electron chi connectivity index (χ0n) is 11.3. The molecule has 8 heteroatoms. The molecular weight excluding hydrogens is 264 g/mol. The molecule has 0 saturated heterocycles. The first kappa shape index (κ1) is 13.8. The van der Waals surface area contributed by atoms with Crippen molar-refractivity contribution >= 4 is 23.7 Å². The maximum absolute atomic E-state index is 11.3. The van der Waals surface area contributed by atoms with E-state index in [1.54, 1.807) is 26.8 Å². The number of hydrogen-bond donors (Lipinski definition) is 2. The molecule has 0 aliphatic heterocycles. The second-order valence-corrected chi connectivity index (χ2v) is 4.17. The Hall–Kier alpha value is -2.64. The molecule has 1 amide bonds. The van der Waals surface area contributed by atoms with E-state index in [0.717, 1.165) is 0 Å². The number of fused-ring (bicyclic) bond motifs is 1. The highest BCUT2D eigenvalue weighted by Gasteiger charge is 2.19. The van der Waals surface area contributed by atoms with Gasteiger partial charge in [0.1, 0.15) is 5.56 Å². The Morgan fingerprint density at radius 3 is 2.75 bits per heavy atom. The Balaban J connectivity index is 2.52. The van der Waals surface area contributed by atoms with Gasteiger partial charge in [-0.2, -0.15) is 4.98 Å². The third kappa shape index (κ3) is 2.40. The fourth-order valence-corrected chi connectivity index (χ4v) is 1.92. The van der Waals surface area contributed by atoms with Crippen molar-refractivity contribution in [1.82, 2.24) is 14.6 Å². The van der Waals surface area contributed by atoms with Crippen LogP contribution in [0.5, 0.6) is 0 Å². The Morgan fingerprint density at radius 1 is 1.45 bits per heavy atom. The molecule has 0 radical (unpaired) electrons. The number of nitrogens with one attached hydrogen (secondary N) is 1. The molecule has 2 aromatic heterocycles. The maximum Gasteiger partial charge on any atom is 0.414 e. The van der Waals surface area contributed by atoms with Crippen LogP contribution in [-0.4, -0.2) is 38.4 Å². The van der Waals surface area contributed by atoms with Crippen LogP contribution in [0.3, 0.4) is 0 Å². The molecule has 106 valence electrons. The first-order valence-electron chi connectivity index (χ1n) is 5.98. The van der Waals surface area contributed by atoms with E-state index in [9.17, 15) is 14.7 Å². The van der Waals surface area contributed by atoms with E-state index in [4.69, 9.17) is 4.74 Å². The van der Waals surface area contributed by atoms with Gasteiger partial charge in [0.15, 0.2) is 5.65 Å². The Labute approximate surface area is 114 Å². The summed E-state index contributed by atoms with van der Waals surface area (Å²) >= 11 is 0. The van der Waals surface area contributed by atoms with Crippen molar-refractivity contribution in [1.29, 1.82) is 0 Å². The molecule has 20 heavy (non-hydrogen) atoms. The molecule has 0 unspecified atom stereocenters. The van der Waals surface area contributed by atoms with Crippen LogP contribution in [0.25, 0.3) is 5.65 Å². The standard InChI is InChI=1S/C12H14N4O4/c1-4-20-12(19)14-11-13-9-8(10(17)18)6(2)5-7(3)16(9)15-11/h5H,4H2,1-3H3,(H,17,18)(H,14,15,19). The minimum absolute atomic E-state index is 0.000324. The normalized spacial score (nSPS) is 10.6. The Bertz CT molecular complexity index is 692. The molecule has 2 N–H and O–H groups in total. The van der Waals surface area contributed by atoms with Gasteiger partial charge >= 0.3 is 12.1 Å². The van der Waals surface area contributed by atoms with Crippen molar-refractivity contribution < 1.29 is 19.4 Å². The average molecular weight is 278 g/mol. The number of aromatic nitrogens is 3. The van der Waals surface area contributed by atoms with Crippen LogP contribution < -0.4 is 5.32 Å². The maximum atomic E-state index is 11.3. The predicted molar refractivity (Wildman–Crippen MR) is 70.1 cm³/mol. The lowest BCUT2D eigenvalue weighted by Crippen LogP contribution is -2.14. The summed E-state index contributed by atoms with van der Waals surface area (Å²) in [4.78, 5) is 26.6. The predicted octanol–water partition coefficient (Wildman–Crippen LogP) is 1.61. The highest BCUT2D eigenvalue weighted by atomic mass is 16.5. The quantitative estimate of drug-likeness (QED) is 0.883. The fraction of sp³-hybridized carbons (Fsp3) is 0.333. The molecular formula is C12H14N4O4. The SMILES string of the molecule is CCOC(=O)Nc1nc2c(C(=O)O)c(C)cc(C)n2n1. The van der Waals surface area contributed by atoms with Crippen molar-refractivity contribution in [2.45, 2.75) is 20.8 Å². The minimum Gasteiger partial charge on any atom is -0.478 e. The largest absolute Gasteiger partial charge is 0.478 e. The molecule has 0 bridgehead atoms. The molecule has 8 nitrogen and oxygen atoms in total. The van der Waals surface area contributed by atoms with Crippen molar-refractivity contribution in [3.05, 3.63) is 22.9 Å².